The number of hydrogen-bond acceptors (Lipinski definition) is 2. The van der Waals surface area contributed by atoms with Crippen molar-refractivity contribution in [1.29, 1.82) is 0 Å². The summed E-state index contributed by atoms with van der Waals surface area (Å²) in [6.07, 6.45) is 0.0470. The number of hydrogen-bond donors (Lipinski definition) is 2. The molecular weight excluding hydrogens is 168 g/mol. The van der Waals surface area contributed by atoms with Crippen LogP contribution in [0.15, 0.2) is 0 Å². The molecule has 1 unspecified atom stereocenters. The molecule has 2 N–H and O–H groups in total. The van der Waals surface area contributed by atoms with Crippen LogP contribution in [-0.2, 0) is 4.74 Å². The second-order valence-corrected chi connectivity index (χ2v) is 4.13. The van der Waals surface area contributed by atoms with E-state index in [4.69, 9.17) is 4.74 Å². The third-order valence-electron chi connectivity index (χ3n) is 1.44. The number of amides is 2. The summed E-state index contributed by atoms with van der Waals surface area (Å²) in [4.78, 5) is 11.2. The maximum atomic E-state index is 11.2. The molecule has 0 aliphatic heterocycles. The second-order valence-electron chi connectivity index (χ2n) is 4.13. The van der Waals surface area contributed by atoms with E-state index in [1.165, 1.54) is 0 Å². The summed E-state index contributed by atoms with van der Waals surface area (Å²) in [5, 5.41) is 5.51. The molecule has 1 atom stereocenters. The fourth-order valence-corrected chi connectivity index (χ4v) is 0.705. The van der Waals surface area contributed by atoms with Gasteiger partial charge in [-0.1, -0.05) is 0 Å². The SMILES string of the molecule is COC(C)CNC(=O)NC(C)(C)C. The summed E-state index contributed by atoms with van der Waals surface area (Å²) < 4.78 is 4.99. The van der Waals surface area contributed by atoms with E-state index in [0.717, 1.165) is 0 Å². The molecule has 2 amide bonds. The van der Waals surface area contributed by atoms with Gasteiger partial charge in [0, 0.05) is 19.2 Å². The fourth-order valence-electron chi connectivity index (χ4n) is 0.705. The summed E-state index contributed by atoms with van der Waals surface area (Å²) in [5.74, 6) is 0. The zero-order chi connectivity index (χ0) is 10.5. The maximum absolute atomic E-state index is 11.2. The lowest BCUT2D eigenvalue weighted by Crippen LogP contribution is -2.48. The summed E-state index contributed by atoms with van der Waals surface area (Å²) >= 11 is 0. The Morgan fingerprint density at radius 3 is 2.38 bits per heavy atom. The molecule has 4 nitrogen and oxygen atoms in total. The monoisotopic (exact) mass is 188 g/mol. The third-order valence-corrected chi connectivity index (χ3v) is 1.44. The minimum atomic E-state index is -0.194. The highest BCUT2D eigenvalue weighted by atomic mass is 16.5. The molecular formula is C9H20N2O2. The van der Waals surface area contributed by atoms with Crippen molar-refractivity contribution in [3.63, 3.8) is 0 Å². The second kappa shape index (κ2) is 5.07. The molecule has 0 aromatic heterocycles. The molecule has 0 heterocycles. The third kappa shape index (κ3) is 7.59. The zero-order valence-electron chi connectivity index (χ0n) is 9.10. The van der Waals surface area contributed by atoms with Gasteiger partial charge in [-0.2, -0.15) is 0 Å². The molecule has 0 aromatic rings. The molecule has 13 heavy (non-hydrogen) atoms. The average Bonchev–Trinajstić information content (AvgIpc) is 1.97. The van der Waals surface area contributed by atoms with E-state index in [0.29, 0.717) is 6.54 Å². The first-order valence-electron chi connectivity index (χ1n) is 4.44. The van der Waals surface area contributed by atoms with Gasteiger partial charge in [0.1, 0.15) is 0 Å². The first-order valence-corrected chi connectivity index (χ1v) is 4.44. The summed E-state index contributed by atoms with van der Waals surface area (Å²) in [7, 11) is 1.62. The fraction of sp³-hybridized carbons (Fsp3) is 0.889. The Balaban J connectivity index is 3.64. The predicted octanol–water partition coefficient (Wildman–Crippen LogP) is 1.12. The average molecular weight is 188 g/mol. The molecule has 0 aromatic carbocycles. The van der Waals surface area contributed by atoms with Crippen LogP contribution in [0.1, 0.15) is 27.7 Å². The lowest BCUT2D eigenvalue weighted by molar-refractivity contribution is 0.118. The smallest absolute Gasteiger partial charge is 0.315 e. The van der Waals surface area contributed by atoms with Gasteiger partial charge in [-0.15, -0.1) is 0 Å². The first kappa shape index (κ1) is 12.2. The minimum Gasteiger partial charge on any atom is -0.380 e. The van der Waals surface area contributed by atoms with Crippen LogP contribution < -0.4 is 10.6 Å². The molecule has 0 radical (unpaired) electrons. The standard InChI is InChI=1S/C9H20N2O2/c1-7(13-5)6-10-8(12)11-9(2,3)4/h7H,6H2,1-5H3,(H2,10,11,12). The van der Waals surface area contributed by atoms with Crippen molar-refractivity contribution in [2.24, 2.45) is 0 Å². The van der Waals surface area contributed by atoms with Crippen LogP contribution in [0.2, 0.25) is 0 Å². The number of carbonyl (C=O) groups is 1. The number of carbonyl (C=O) groups excluding carboxylic acids is 1. The van der Waals surface area contributed by atoms with E-state index < -0.39 is 0 Å². The van der Waals surface area contributed by atoms with Crippen molar-refractivity contribution in [2.45, 2.75) is 39.3 Å². The maximum Gasteiger partial charge on any atom is 0.315 e. The van der Waals surface area contributed by atoms with E-state index in [2.05, 4.69) is 10.6 Å². The Morgan fingerprint density at radius 2 is 2.00 bits per heavy atom. The van der Waals surface area contributed by atoms with E-state index >= 15 is 0 Å². The van der Waals surface area contributed by atoms with E-state index in [9.17, 15) is 4.79 Å². The van der Waals surface area contributed by atoms with Crippen molar-refractivity contribution in [1.82, 2.24) is 10.6 Å². The van der Waals surface area contributed by atoms with Crippen molar-refractivity contribution in [2.75, 3.05) is 13.7 Å². The Labute approximate surface area is 80.0 Å². The quantitative estimate of drug-likeness (QED) is 0.697. The van der Waals surface area contributed by atoms with Gasteiger partial charge in [0.2, 0.25) is 0 Å². The lowest BCUT2D eigenvalue weighted by Gasteiger charge is -2.21. The van der Waals surface area contributed by atoms with Gasteiger partial charge < -0.3 is 15.4 Å². The molecule has 0 saturated carbocycles. The van der Waals surface area contributed by atoms with Crippen molar-refractivity contribution >= 4 is 6.03 Å². The predicted molar refractivity (Wildman–Crippen MR) is 52.8 cm³/mol. The van der Waals surface area contributed by atoms with Gasteiger partial charge >= 0.3 is 6.03 Å². The molecule has 0 bridgehead atoms. The number of rotatable bonds is 3. The van der Waals surface area contributed by atoms with E-state index in [1.54, 1.807) is 7.11 Å². The zero-order valence-corrected chi connectivity index (χ0v) is 9.10. The van der Waals surface area contributed by atoms with Crippen LogP contribution in [0.25, 0.3) is 0 Å². The number of methoxy groups -OCH3 is 1. The highest BCUT2D eigenvalue weighted by Crippen LogP contribution is 1.97. The van der Waals surface area contributed by atoms with Gasteiger partial charge in [0.25, 0.3) is 0 Å². The van der Waals surface area contributed by atoms with Crippen molar-refractivity contribution in [3.05, 3.63) is 0 Å². The highest BCUT2D eigenvalue weighted by Gasteiger charge is 2.13. The Morgan fingerprint density at radius 1 is 1.46 bits per heavy atom. The van der Waals surface area contributed by atoms with Crippen LogP contribution in [0.3, 0.4) is 0 Å². The molecule has 0 aliphatic rings. The Hall–Kier alpha value is -0.770. The molecule has 0 fully saturated rings. The number of nitrogens with one attached hydrogen (secondary N) is 2. The summed E-state index contributed by atoms with van der Waals surface area (Å²) in [5.41, 5.74) is -0.194. The topological polar surface area (TPSA) is 50.4 Å². The van der Waals surface area contributed by atoms with Crippen LogP contribution in [0, 0.1) is 0 Å². The molecule has 0 rings (SSSR count). The summed E-state index contributed by atoms with van der Waals surface area (Å²) in [6.45, 7) is 8.24. The highest BCUT2D eigenvalue weighted by molar-refractivity contribution is 5.74. The van der Waals surface area contributed by atoms with Crippen molar-refractivity contribution in [3.8, 4) is 0 Å². The molecule has 0 aliphatic carbocycles. The van der Waals surface area contributed by atoms with Crippen LogP contribution in [0.4, 0.5) is 4.79 Å². The van der Waals surface area contributed by atoms with Gasteiger partial charge in [-0.05, 0) is 27.7 Å². The molecule has 4 heteroatoms. The van der Waals surface area contributed by atoms with Crippen LogP contribution in [0.5, 0.6) is 0 Å². The lowest BCUT2D eigenvalue weighted by atomic mass is 10.1. The van der Waals surface area contributed by atoms with Crippen LogP contribution >= 0.6 is 0 Å². The molecule has 0 spiro atoms. The van der Waals surface area contributed by atoms with Gasteiger partial charge in [-0.3, -0.25) is 0 Å². The number of ether oxygens (including phenoxy) is 1. The largest absolute Gasteiger partial charge is 0.380 e. The van der Waals surface area contributed by atoms with E-state index in [1.807, 2.05) is 27.7 Å². The van der Waals surface area contributed by atoms with E-state index in [-0.39, 0.29) is 17.7 Å². The molecule has 0 saturated heterocycles. The van der Waals surface area contributed by atoms with Crippen LogP contribution in [-0.4, -0.2) is 31.3 Å². The Bertz CT molecular complexity index is 163. The van der Waals surface area contributed by atoms with Gasteiger partial charge in [0.15, 0.2) is 0 Å². The number of urea groups is 1. The normalized spacial score (nSPS) is 13.6. The van der Waals surface area contributed by atoms with Gasteiger partial charge in [-0.25, -0.2) is 4.79 Å². The Kier molecular flexibility index (Phi) is 4.77. The molecule has 78 valence electrons. The van der Waals surface area contributed by atoms with Gasteiger partial charge in [0.05, 0.1) is 6.10 Å². The minimum absolute atomic E-state index is 0.0470. The van der Waals surface area contributed by atoms with Crippen molar-refractivity contribution < 1.29 is 9.53 Å². The first-order chi connectivity index (χ1) is 5.85. The summed E-state index contributed by atoms with van der Waals surface area (Å²) in [6, 6.07) is -0.156.